The number of hydrogen-bond acceptors (Lipinski definition) is 3. The number of carbonyl (C=O) groups excluding carboxylic acids is 1. The van der Waals surface area contributed by atoms with Gasteiger partial charge in [-0.15, -0.1) is 0 Å². The molecule has 2 aromatic carbocycles. The largest absolute Gasteiger partial charge is 0.351 e. The highest BCUT2D eigenvalue weighted by Crippen LogP contribution is 2.27. The Balaban J connectivity index is 1.73. The van der Waals surface area contributed by atoms with E-state index >= 15 is 0 Å². The molecule has 25 heavy (non-hydrogen) atoms. The molecule has 1 heterocycles. The molecule has 1 atom stereocenters. The summed E-state index contributed by atoms with van der Waals surface area (Å²) in [6.45, 7) is 0.754. The average Bonchev–Trinajstić information content (AvgIpc) is 3.12. The lowest BCUT2D eigenvalue weighted by molar-refractivity contribution is -0.124. The molecule has 1 aliphatic heterocycles. The van der Waals surface area contributed by atoms with E-state index in [1.165, 1.54) is 4.31 Å². The second-order valence-corrected chi connectivity index (χ2v) is 8.74. The summed E-state index contributed by atoms with van der Waals surface area (Å²) in [5, 5.41) is 2.85. The van der Waals surface area contributed by atoms with Crippen molar-refractivity contribution in [1.29, 1.82) is 0 Å². The Labute approximate surface area is 156 Å². The van der Waals surface area contributed by atoms with Crippen molar-refractivity contribution < 1.29 is 13.2 Å². The molecule has 1 fully saturated rings. The van der Waals surface area contributed by atoms with Gasteiger partial charge >= 0.3 is 0 Å². The molecule has 132 valence electrons. The number of sulfonamides is 1. The molecule has 7 heteroatoms. The summed E-state index contributed by atoms with van der Waals surface area (Å²) in [5.74, 6) is -0.248. The van der Waals surface area contributed by atoms with Crippen LogP contribution in [0.2, 0.25) is 0 Å². The minimum absolute atomic E-state index is 0.207. The van der Waals surface area contributed by atoms with Crippen LogP contribution in [-0.4, -0.2) is 31.2 Å². The number of halogens is 1. The summed E-state index contributed by atoms with van der Waals surface area (Å²) in [4.78, 5) is 12.7. The monoisotopic (exact) mass is 422 g/mol. The molecule has 1 unspecified atom stereocenters. The second-order valence-electron chi connectivity index (χ2n) is 5.93. The third-order valence-corrected chi connectivity index (χ3v) is 6.69. The van der Waals surface area contributed by atoms with E-state index < -0.39 is 16.1 Å². The molecule has 0 spiro atoms. The minimum Gasteiger partial charge on any atom is -0.351 e. The topological polar surface area (TPSA) is 66.5 Å². The molecular weight excluding hydrogens is 404 g/mol. The molecular formula is C18H19BrN2O3S. The molecule has 0 bridgehead atoms. The third kappa shape index (κ3) is 4.11. The van der Waals surface area contributed by atoms with E-state index in [1.807, 2.05) is 30.3 Å². The Morgan fingerprint density at radius 1 is 1.12 bits per heavy atom. The van der Waals surface area contributed by atoms with Gasteiger partial charge in [-0.05, 0) is 42.7 Å². The van der Waals surface area contributed by atoms with E-state index in [2.05, 4.69) is 21.2 Å². The summed E-state index contributed by atoms with van der Waals surface area (Å²) in [5.41, 5.74) is 0.983. The smallest absolute Gasteiger partial charge is 0.243 e. The highest BCUT2D eigenvalue weighted by molar-refractivity contribution is 9.10. The van der Waals surface area contributed by atoms with Crippen molar-refractivity contribution in [3.63, 3.8) is 0 Å². The SMILES string of the molecule is O=C(NCc1ccccc1)C1CCCN1S(=O)(=O)c1ccc(Br)cc1. The van der Waals surface area contributed by atoms with Gasteiger partial charge in [0.15, 0.2) is 0 Å². The van der Waals surface area contributed by atoms with Crippen LogP contribution in [0, 0.1) is 0 Å². The van der Waals surface area contributed by atoms with Crippen LogP contribution in [0.4, 0.5) is 0 Å². The van der Waals surface area contributed by atoms with Crippen molar-refractivity contribution >= 4 is 31.9 Å². The molecule has 3 rings (SSSR count). The highest BCUT2D eigenvalue weighted by atomic mass is 79.9. The fraction of sp³-hybridized carbons (Fsp3) is 0.278. The molecule has 1 amide bonds. The van der Waals surface area contributed by atoms with Crippen LogP contribution < -0.4 is 5.32 Å². The van der Waals surface area contributed by atoms with Crippen LogP contribution in [-0.2, 0) is 21.4 Å². The van der Waals surface area contributed by atoms with Gasteiger partial charge < -0.3 is 5.32 Å². The van der Waals surface area contributed by atoms with Crippen LogP contribution >= 0.6 is 15.9 Å². The van der Waals surface area contributed by atoms with Crippen molar-refractivity contribution in [3.8, 4) is 0 Å². The molecule has 0 aromatic heterocycles. The van der Waals surface area contributed by atoms with E-state index in [0.717, 1.165) is 10.0 Å². The molecule has 1 saturated heterocycles. The zero-order chi connectivity index (χ0) is 17.9. The van der Waals surface area contributed by atoms with Gasteiger partial charge in [0.1, 0.15) is 6.04 Å². The fourth-order valence-corrected chi connectivity index (χ4v) is 4.86. The van der Waals surface area contributed by atoms with Gasteiger partial charge in [0.05, 0.1) is 4.90 Å². The molecule has 0 radical (unpaired) electrons. The van der Waals surface area contributed by atoms with Crippen molar-refractivity contribution in [2.75, 3.05) is 6.54 Å². The van der Waals surface area contributed by atoms with Crippen LogP contribution in [0.1, 0.15) is 18.4 Å². The number of carbonyl (C=O) groups is 1. The lowest BCUT2D eigenvalue weighted by atomic mass is 10.2. The van der Waals surface area contributed by atoms with E-state index in [1.54, 1.807) is 24.3 Å². The molecule has 0 saturated carbocycles. The Hall–Kier alpha value is -1.70. The summed E-state index contributed by atoms with van der Waals surface area (Å²) < 4.78 is 27.9. The summed E-state index contributed by atoms with van der Waals surface area (Å²) >= 11 is 3.30. The van der Waals surface area contributed by atoms with Crippen molar-refractivity contribution in [2.45, 2.75) is 30.3 Å². The molecule has 2 aromatic rings. The van der Waals surface area contributed by atoms with Gasteiger partial charge in [0, 0.05) is 17.6 Å². The quantitative estimate of drug-likeness (QED) is 0.805. The van der Waals surface area contributed by atoms with Crippen molar-refractivity contribution in [1.82, 2.24) is 9.62 Å². The minimum atomic E-state index is -3.68. The normalized spacial score (nSPS) is 18.2. The number of hydrogen-bond donors (Lipinski definition) is 1. The predicted molar refractivity (Wildman–Crippen MR) is 99.3 cm³/mol. The first kappa shape index (κ1) is 18.1. The highest BCUT2D eigenvalue weighted by Gasteiger charge is 2.39. The Kier molecular flexibility index (Phi) is 5.56. The van der Waals surface area contributed by atoms with Gasteiger partial charge in [-0.25, -0.2) is 8.42 Å². The maximum absolute atomic E-state index is 12.9. The molecule has 0 aliphatic carbocycles. The van der Waals surface area contributed by atoms with Gasteiger partial charge in [-0.2, -0.15) is 4.31 Å². The van der Waals surface area contributed by atoms with E-state index in [-0.39, 0.29) is 10.8 Å². The zero-order valence-electron chi connectivity index (χ0n) is 13.6. The van der Waals surface area contributed by atoms with E-state index in [0.29, 0.717) is 25.9 Å². The molecule has 1 N–H and O–H groups in total. The second kappa shape index (κ2) is 7.68. The average molecular weight is 423 g/mol. The van der Waals surface area contributed by atoms with Crippen LogP contribution in [0.25, 0.3) is 0 Å². The summed E-state index contributed by atoms with van der Waals surface area (Å²) in [7, 11) is -3.68. The third-order valence-electron chi connectivity index (χ3n) is 4.24. The van der Waals surface area contributed by atoms with Crippen LogP contribution in [0.5, 0.6) is 0 Å². The Bertz CT molecular complexity index is 838. The predicted octanol–water partition coefficient (Wildman–Crippen LogP) is 2.92. The number of nitrogens with zero attached hydrogens (tertiary/aromatic N) is 1. The van der Waals surface area contributed by atoms with Crippen molar-refractivity contribution in [3.05, 3.63) is 64.6 Å². The van der Waals surface area contributed by atoms with E-state index in [4.69, 9.17) is 0 Å². The van der Waals surface area contributed by atoms with Crippen LogP contribution in [0.3, 0.4) is 0 Å². The molecule has 1 aliphatic rings. The van der Waals surface area contributed by atoms with Gasteiger partial charge in [-0.3, -0.25) is 4.79 Å². The lowest BCUT2D eigenvalue weighted by Gasteiger charge is -2.23. The standard InChI is InChI=1S/C18H19BrN2O3S/c19-15-8-10-16(11-9-15)25(23,24)21-12-4-7-17(21)18(22)20-13-14-5-2-1-3-6-14/h1-3,5-6,8-11,17H,4,7,12-13H2,(H,20,22). The summed E-state index contributed by atoms with van der Waals surface area (Å²) in [6, 6.07) is 15.4. The Morgan fingerprint density at radius 2 is 1.80 bits per heavy atom. The lowest BCUT2D eigenvalue weighted by Crippen LogP contribution is -2.45. The van der Waals surface area contributed by atoms with Gasteiger partial charge in [-0.1, -0.05) is 46.3 Å². The first-order valence-corrected chi connectivity index (χ1v) is 10.3. The van der Waals surface area contributed by atoms with Gasteiger partial charge in [0.25, 0.3) is 0 Å². The molecule has 5 nitrogen and oxygen atoms in total. The first-order valence-electron chi connectivity index (χ1n) is 8.07. The summed E-state index contributed by atoms with van der Waals surface area (Å²) in [6.07, 6.45) is 1.22. The van der Waals surface area contributed by atoms with Gasteiger partial charge in [0.2, 0.25) is 15.9 Å². The zero-order valence-corrected chi connectivity index (χ0v) is 16.0. The number of benzene rings is 2. The first-order chi connectivity index (χ1) is 12.0. The maximum Gasteiger partial charge on any atom is 0.243 e. The maximum atomic E-state index is 12.9. The van der Waals surface area contributed by atoms with Crippen molar-refractivity contribution in [2.24, 2.45) is 0 Å². The number of rotatable bonds is 5. The fourth-order valence-electron chi connectivity index (χ4n) is 2.93. The Morgan fingerprint density at radius 3 is 2.48 bits per heavy atom. The number of nitrogens with one attached hydrogen (secondary N) is 1. The van der Waals surface area contributed by atoms with Crippen LogP contribution in [0.15, 0.2) is 64.0 Å². The van der Waals surface area contributed by atoms with E-state index in [9.17, 15) is 13.2 Å². The number of amides is 1.